The first-order valence-electron chi connectivity index (χ1n) is 9.57. The van der Waals surface area contributed by atoms with Crippen molar-refractivity contribution in [2.75, 3.05) is 18.9 Å². The van der Waals surface area contributed by atoms with Crippen molar-refractivity contribution in [3.05, 3.63) is 47.3 Å². The fraction of sp³-hybridized carbons (Fsp3) is 0.364. The summed E-state index contributed by atoms with van der Waals surface area (Å²) in [5.74, 6) is 0.562. The third-order valence-corrected chi connectivity index (χ3v) is 5.11. The quantitative estimate of drug-likeness (QED) is 0.721. The minimum absolute atomic E-state index is 0.0166. The van der Waals surface area contributed by atoms with Crippen LogP contribution < -0.4 is 5.32 Å². The van der Waals surface area contributed by atoms with Crippen molar-refractivity contribution in [2.45, 2.75) is 40.7 Å². The molecule has 0 aliphatic heterocycles. The van der Waals surface area contributed by atoms with Crippen molar-refractivity contribution in [3.8, 4) is 11.3 Å². The van der Waals surface area contributed by atoms with Crippen molar-refractivity contribution in [1.82, 2.24) is 19.9 Å². The van der Waals surface area contributed by atoms with Crippen LogP contribution >= 0.6 is 0 Å². The van der Waals surface area contributed by atoms with Crippen molar-refractivity contribution < 1.29 is 4.79 Å². The van der Waals surface area contributed by atoms with Gasteiger partial charge < -0.3 is 10.2 Å². The van der Waals surface area contributed by atoms with E-state index in [1.165, 1.54) is 0 Å². The summed E-state index contributed by atoms with van der Waals surface area (Å²) in [4.78, 5) is 28.5. The lowest BCUT2D eigenvalue weighted by Crippen LogP contribution is -2.33. The van der Waals surface area contributed by atoms with Gasteiger partial charge in [-0.2, -0.15) is 0 Å². The lowest BCUT2D eigenvalue weighted by atomic mass is 9.99. The molecule has 2 heterocycles. The number of nitrogens with zero attached hydrogens (tertiary/aromatic N) is 4. The topological polar surface area (TPSA) is 71.0 Å². The average molecular weight is 377 g/mol. The second-order valence-corrected chi connectivity index (χ2v) is 7.29. The first-order valence-corrected chi connectivity index (χ1v) is 9.57. The molecule has 28 heavy (non-hydrogen) atoms. The van der Waals surface area contributed by atoms with E-state index < -0.39 is 0 Å². The van der Waals surface area contributed by atoms with Crippen LogP contribution in [-0.4, -0.2) is 45.4 Å². The van der Waals surface area contributed by atoms with Crippen molar-refractivity contribution in [2.24, 2.45) is 0 Å². The molecular weight excluding hydrogens is 350 g/mol. The normalized spacial score (nSPS) is 11.1. The van der Waals surface area contributed by atoms with Crippen LogP contribution in [0.3, 0.4) is 0 Å². The van der Waals surface area contributed by atoms with E-state index in [0.29, 0.717) is 17.2 Å². The monoisotopic (exact) mass is 377 g/mol. The zero-order chi connectivity index (χ0) is 20.4. The SMILES string of the molecule is CCNc1ncc(-c2cc(C(=O)N(C)C(C)C)c3ccc(C)c(C)c3n2)cn1. The standard InChI is InChI=1S/C22H27N5O/c1-7-23-22-24-11-16(12-25-22)19-10-18(21(28)27(6)13(2)3)17-9-8-14(4)15(5)20(17)26-19/h8-13H,7H2,1-6H3,(H,23,24,25). The summed E-state index contributed by atoms with van der Waals surface area (Å²) in [7, 11) is 1.83. The Hall–Kier alpha value is -3.02. The van der Waals surface area contributed by atoms with Gasteiger partial charge in [0.1, 0.15) is 0 Å². The Balaban J connectivity index is 2.21. The number of rotatable bonds is 5. The molecule has 146 valence electrons. The third kappa shape index (κ3) is 3.67. The van der Waals surface area contributed by atoms with Gasteiger partial charge in [-0.05, 0) is 51.8 Å². The molecule has 0 radical (unpaired) electrons. The van der Waals surface area contributed by atoms with E-state index in [1.54, 1.807) is 17.3 Å². The molecule has 2 aromatic heterocycles. The van der Waals surface area contributed by atoms with Gasteiger partial charge in [-0.25, -0.2) is 15.0 Å². The summed E-state index contributed by atoms with van der Waals surface area (Å²) in [6, 6.07) is 5.98. The fourth-order valence-electron chi connectivity index (χ4n) is 2.99. The number of hydrogen-bond donors (Lipinski definition) is 1. The molecule has 0 atom stereocenters. The molecule has 0 fully saturated rings. The number of anilines is 1. The van der Waals surface area contributed by atoms with Gasteiger partial charge in [-0.15, -0.1) is 0 Å². The second kappa shape index (κ2) is 7.92. The Bertz CT molecular complexity index is 1010. The molecule has 0 aliphatic rings. The van der Waals surface area contributed by atoms with Crippen LogP contribution in [0, 0.1) is 13.8 Å². The number of benzene rings is 1. The van der Waals surface area contributed by atoms with Crippen LogP contribution in [0.5, 0.6) is 0 Å². The smallest absolute Gasteiger partial charge is 0.254 e. The molecule has 0 saturated heterocycles. The Morgan fingerprint density at radius 1 is 1.18 bits per heavy atom. The van der Waals surface area contributed by atoms with Crippen LogP contribution in [0.1, 0.15) is 42.3 Å². The molecule has 1 aromatic carbocycles. The van der Waals surface area contributed by atoms with Crippen molar-refractivity contribution >= 4 is 22.8 Å². The lowest BCUT2D eigenvalue weighted by molar-refractivity contribution is 0.0757. The summed E-state index contributed by atoms with van der Waals surface area (Å²) in [6.07, 6.45) is 3.48. The van der Waals surface area contributed by atoms with Crippen LogP contribution in [-0.2, 0) is 0 Å². The fourth-order valence-corrected chi connectivity index (χ4v) is 2.99. The molecule has 6 nitrogen and oxygen atoms in total. The number of aryl methyl sites for hydroxylation is 2. The summed E-state index contributed by atoms with van der Waals surface area (Å²) in [5, 5.41) is 3.96. The third-order valence-electron chi connectivity index (χ3n) is 5.11. The predicted octanol–water partition coefficient (Wildman–Crippen LogP) is 4.22. The summed E-state index contributed by atoms with van der Waals surface area (Å²) < 4.78 is 0. The van der Waals surface area contributed by atoms with E-state index in [1.807, 2.05) is 52.9 Å². The molecule has 0 saturated carbocycles. The second-order valence-electron chi connectivity index (χ2n) is 7.29. The number of fused-ring (bicyclic) bond motifs is 1. The van der Waals surface area contributed by atoms with Gasteiger partial charge in [0.15, 0.2) is 0 Å². The molecule has 3 aromatic rings. The highest BCUT2D eigenvalue weighted by molar-refractivity contribution is 6.08. The van der Waals surface area contributed by atoms with E-state index >= 15 is 0 Å². The zero-order valence-corrected chi connectivity index (χ0v) is 17.4. The van der Waals surface area contributed by atoms with E-state index in [2.05, 4.69) is 22.2 Å². The molecule has 0 unspecified atom stereocenters. The zero-order valence-electron chi connectivity index (χ0n) is 17.4. The molecule has 0 aliphatic carbocycles. The van der Waals surface area contributed by atoms with Gasteiger partial charge in [-0.1, -0.05) is 12.1 Å². The van der Waals surface area contributed by atoms with E-state index in [0.717, 1.165) is 34.1 Å². The van der Waals surface area contributed by atoms with Gasteiger partial charge in [0, 0.05) is 43.0 Å². The maximum Gasteiger partial charge on any atom is 0.254 e. The minimum Gasteiger partial charge on any atom is -0.355 e. The number of amides is 1. The van der Waals surface area contributed by atoms with Crippen molar-refractivity contribution in [1.29, 1.82) is 0 Å². The average Bonchev–Trinajstić information content (AvgIpc) is 2.69. The molecule has 0 bridgehead atoms. The molecule has 1 amide bonds. The Labute approximate surface area is 166 Å². The molecule has 3 rings (SSSR count). The lowest BCUT2D eigenvalue weighted by Gasteiger charge is -2.23. The molecule has 6 heteroatoms. The number of nitrogens with one attached hydrogen (secondary N) is 1. The summed E-state index contributed by atoms with van der Waals surface area (Å²) >= 11 is 0. The van der Waals surface area contributed by atoms with Gasteiger partial charge in [0.2, 0.25) is 5.95 Å². The van der Waals surface area contributed by atoms with Crippen LogP contribution in [0.2, 0.25) is 0 Å². The first-order chi connectivity index (χ1) is 13.3. The number of carbonyl (C=O) groups is 1. The van der Waals surface area contributed by atoms with Gasteiger partial charge in [-0.3, -0.25) is 4.79 Å². The predicted molar refractivity (Wildman–Crippen MR) is 114 cm³/mol. The van der Waals surface area contributed by atoms with E-state index in [-0.39, 0.29) is 11.9 Å². The molecule has 1 N–H and O–H groups in total. The van der Waals surface area contributed by atoms with E-state index in [4.69, 9.17) is 4.98 Å². The molecule has 0 spiro atoms. The van der Waals surface area contributed by atoms with Crippen LogP contribution in [0.4, 0.5) is 5.95 Å². The number of aromatic nitrogens is 3. The van der Waals surface area contributed by atoms with Crippen LogP contribution in [0.15, 0.2) is 30.6 Å². The molecular formula is C22H27N5O. The maximum absolute atomic E-state index is 13.2. The number of carbonyl (C=O) groups excluding carboxylic acids is 1. The summed E-state index contributed by atoms with van der Waals surface area (Å²) in [6.45, 7) is 10.9. The summed E-state index contributed by atoms with van der Waals surface area (Å²) in [5.41, 5.74) is 5.19. The highest BCUT2D eigenvalue weighted by atomic mass is 16.2. The largest absolute Gasteiger partial charge is 0.355 e. The van der Waals surface area contributed by atoms with Gasteiger partial charge in [0.25, 0.3) is 5.91 Å². The van der Waals surface area contributed by atoms with Gasteiger partial charge in [0.05, 0.1) is 16.8 Å². The minimum atomic E-state index is -0.0166. The van der Waals surface area contributed by atoms with Crippen LogP contribution in [0.25, 0.3) is 22.2 Å². The highest BCUT2D eigenvalue weighted by Gasteiger charge is 2.20. The maximum atomic E-state index is 13.2. The number of pyridine rings is 1. The Morgan fingerprint density at radius 3 is 2.46 bits per heavy atom. The Kier molecular flexibility index (Phi) is 5.58. The number of hydrogen-bond acceptors (Lipinski definition) is 5. The van der Waals surface area contributed by atoms with E-state index in [9.17, 15) is 4.79 Å². The first kappa shape index (κ1) is 19.7. The Morgan fingerprint density at radius 2 is 1.86 bits per heavy atom. The van der Waals surface area contributed by atoms with Crippen molar-refractivity contribution in [3.63, 3.8) is 0 Å². The highest BCUT2D eigenvalue weighted by Crippen LogP contribution is 2.29. The van der Waals surface area contributed by atoms with Gasteiger partial charge >= 0.3 is 0 Å².